The third kappa shape index (κ3) is 9.67. The number of pyridine rings is 1. The molecular formula is C74H60N4OPtSi-2. The number of ether oxygens (including phenoxy) is 1. The van der Waals surface area contributed by atoms with Gasteiger partial charge in [0.25, 0.3) is 6.33 Å². The van der Waals surface area contributed by atoms with Crippen molar-refractivity contribution in [3.63, 3.8) is 0 Å². The molecule has 13 aromatic rings. The van der Waals surface area contributed by atoms with Crippen LogP contribution >= 0.6 is 0 Å². The fraction of sp³-hybridized carbons (Fsp3) is 0.108. The molecule has 0 aliphatic rings. The smallest absolute Gasteiger partial charge is 0.268 e. The Morgan fingerprint density at radius 1 is 0.506 bits per heavy atom. The van der Waals surface area contributed by atoms with Gasteiger partial charge in [0.05, 0.1) is 30.4 Å². The van der Waals surface area contributed by atoms with Crippen molar-refractivity contribution >= 4 is 61.7 Å². The molecule has 10 aromatic carbocycles. The molecule has 81 heavy (non-hydrogen) atoms. The Kier molecular flexibility index (Phi) is 11.2. The summed E-state index contributed by atoms with van der Waals surface area (Å²) in [7, 11) is -3.27. The zero-order chi connectivity index (χ0) is 63.3. The molecule has 3 aromatic heterocycles. The molecule has 0 fully saturated rings. The fourth-order valence-electron chi connectivity index (χ4n) is 11.1. The number of hydrogen-bond acceptors (Lipinski definition) is 2. The van der Waals surface area contributed by atoms with Crippen molar-refractivity contribution in [2.45, 2.75) is 52.4 Å². The molecule has 0 atom stereocenters. The molecule has 0 aliphatic carbocycles. The first-order chi connectivity index (χ1) is 43.1. The summed E-state index contributed by atoms with van der Waals surface area (Å²) in [6.45, 7) is 12.4. The maximum atomic E-state index is 9.56. The van der Waals surface area contributed by atoms with E-state index in [4.69, 9.17) is 17.9 Å². The number of fused-ring (bicyclic) bond motifs is 4. The second-order valence-corrected chi connectivity index (χ2v) is 25.9. The number of para-hydroxylation sites is 1. The molecule has 0 amide bonds. The van der Waals surface area contributed by atoms with Gasteiger partial charge in [0.2, 0.25) is 0 Å². The van der Waals surface area contributed by atoms with Crippen molar-refractivity contribution < 1.29 is 44.1 Å². The summed E-state index contributed by atoms with van der Waals surface area (Å²) in [4.78, 5) is 4.88. The minimum absolute atomic E-state index is 0. The number of hydrogen-bond donors (Lipinski definition) is 0. The van der Waals surface area contributed by atoms with Crippen LogP contribution in [-0.4, -0.2) is 22.2 Å². The third-order valence-electron chi connectivity index (χ3n) is 15.1. The van der Waals surface area contributed by atoms with Gasteiger partial charge in [0, 0.05) is 44.3 Å². The van der Waals surface area contributed by atoms with E-state index in [0.717, 1.165) is 53.9 Å². The number of nitrogens with zero attached hydrogens (tertiary/aromatic N) is 4. The molecule has 0 bridgehead atoms. The van der Waals surface area contributed by atoms with Gasteiger partial charge in [-0.15, -0.1) is 29.7 Å². The van der Waals surface area contributed by atoms with Gasteiger partial charge in [-0.25, -0.2) is 4.98 Å². The van der Waals surface area contributed by atoms with E-state index >= 15 is 0 Å². The summed E-state index contributed by atoms with van der Waals surface area (Å²) in [5.41, 5.74) is 4.38. The maximum Gasteiger partial charge on any atom is 0.268 e. The minimum atomic E-state index is -3.27. The van der Waals surface area contributed by atoms with Crippen LogP contribution in [0.5, 0.6) is 11.5 Å². The first-order valence-corrected chi connectivity index (χ1v) is 28.7. The fourth-order valence-corrected chi connectivity index (χ4v) is 15.9. The predicted octanol–water partition coefficient (Wildman–Crippen LogP) is 14.9. The third-order valence-corrected chi connectivity index (χ3v) is 19.8. The molecule has 0 N–H and O–H groups in total. The van der Waals surface area contributed by atoms with Crippen molar-refractivity contribution in [2.24, 2.45) is 0 Å². The Labute approximate surface area is 504 Å². The van der Waals surface area contributed by atoms with E-state index in [1.807, 2.05) is 104 Å². The van der Waals surface area contributed by atoms with Crippen LogP contribution in [0.25, 0.3) is 72.3 Å². The molecule has 398 valence electrons. The van der Waals surface area contributed by atoms with Gasteiger partial charge in [0.15, 0.2) is 8.07 Å². The van der Waals surface area contributed by atoms with Crippen LogP contribution in [-0.2, 0) is 31.9 Å². The molecular weight excluding hydrogens is 1180 g/mol. The molecule has 0 spiro atoms. The molecule has 0 saturated carbocycles. The number of imidazole rings is 1. The van der Waals surface area contributed by atoms with Gasteiger partial charge in [-0.1, -0.05) is 247 Å². The Balaban J connectivity index is 0.00000800. The molecule has 0 unspecified atom stereocenters. The summed E-state index contributed by atoms with van der Waals surface area (Å²) < 4.78 is 104. The first-order valence-electron chi connectivity index (χ1n) is 31.7. The Bertz CT molecular complexity index is 4780. The van der Waals surface area contributed by atoms with Crippen molar-refractivity contribution in [1.82, 2.24) is 14.1 Å². The van der Waals surface area contributed by atoms with Crippen LogP contribution in [0.4, 0.5) is 0 Å². The first kappa shape index (κ1) is 42.2. The van der Waals surface area contributed by atoms with Crippen LogP contribution in [0.3, 0.4) is 0 Å². The van der Waals surface area contributed by atoms with Gasteiger partial charge in [-0.3, -0.25) is 4.57 Å². The topological polar surface area (TPSA) is 35.9 Å². The summed E-state index contributed by atoms with van der Waals surface area (Å²) in [6, 6.07) is 64.9. The summed E-state index contributed by atoms with van der Waals surface area (Å²) >= 11 is 0. The van der Waals surface area contributed by atoms with Crippen molar-refractivity contribution in [3.8, 4) is 50.9 Å². The van der Waals surface area contributed by atoms with Crippen LogP contribution in [0.1, 0.15) is 66.4 Å². The van der Waals surface area contributed by atoms with Crippen molar-refractivity contribution in [3.05, 3.63) is 284 Å². The zero-order valence-electron chi connectivity index (χ0n) is 55.5. The van der Waals surface area contributed by atoms with E-state index in [1.165, 1.54) is 0 Å². The standard InChI is InChI=1S/C74H60N4OSi.Pt/c1-73(2,3)54-43-44-75-71(47-54)78-67-38-23-22-37-63(67)64-41-39-58(49-69(64)78)79-57-30-24-29-56(48-57)76-51-77(72-65(52-25-12-7-13-26-52)45-55(74(4,5)6)46-66(72)53-27-14-8-15-28-53)68-42-40-62(50-70(68)76)80(59-31-16-9-17-32-59,60-33-18-10-19-34-60)61-35-20-11-21-36-61;/h7-47,50H,1-6H3;/q-2;/i7D,8D,12D,13D,14D,15D,25D,26D,27D,28D;. The molecule has 0 aliphatic heterocycles. The maximum absolute atomic E-state index is 9.56. The average molecular weight is 1250 g/mol. The van der Waals surface area contributed by atoms with Crippen LogP contribution in [0.15, 0.2) is 255 Å². The normalized spacial score (nSPS) is 13.7. The van der Waals surface area contributed by atoms with Crippen LogP contribution in [0, 0.1) is 18.5 Å². The number of rotatable bonds is 11. The Morgan fingerprint density at radius 2 is 1.07 bits per heavy atom. The quantitative estimate of drug-likeness (QED) is 0.0560. The van der Waals surface area contributed by atoms with E-state index in [-0.39, 0.29) is 54.4 Å². The molecule has 0 saturated heterocycles. The van der Waals surface area contributed by atoms with Crippen molar-refractivity contribution in [1.29, 1.82) is 0 Å². The molecule has 5 nitrogen and oxygen atoms in total. The van der Waals surface area contributed by atoms with E-state index < -0.39 is 73.9 Å². The summed E-state index contributed by atoms with van der Waals surface area (Å²) in [6.07, 6.45) is 5.51. The number of benzene rings is 10. The van der Waals surface area contributed by atoms with Gasteiger partial charge >= 0.3 is 0 Å². The average Bonchev–Trinajstić information content (AvgIpc) is 1.72. The van der Waals surface area contributed by atoms with Gasteiger partial charge in [-0.05, 0) is 94.2 Å². The molecule has 7 heteroatoms. The second kappa shape index (κ2) is 21.4. The summed E-state index contributed by atoms with van der Waals surface area (Å²) in [5.74, 6) is 1.50. The number of aromatic nitrogens is 4. The van der Waals surface area contributed by atoms with Gasteiger partial charge in [-0.2, -0.15) is 18.2 Å². The van der Waals surface area contributed by atoms with Gasteiger partial charge < -0.3 is 13.9 Å². The molecule has 13 rings (SSSR count). The Hall–Kier alpha value is -8.67. The monoisotopic (exact) mass is 1250 g/mol. The minimum Gasteiger partial charge on any atom is -0.510 e. The van der Waals surface area contributed by atoms with Crippen LogP contribution < -0.4 is 30.1 Å². The Morgan fingerprint density at radius 3 is 1.67 bits per heavy atom. The van der Waals surface area contributed by atoms with Crippen LogP contribution in [0.2, 0.25) is 0 Å². The van der Waals surface area contributed by atoms with E-state index in [1.54, 1.807) is 16.7 Å². The molecule has 3 heterocycles. The van der Waals surface area contributed by atoms with E-state index in [0.29, 0.717) is 33.8 Å². The largest absolute Gasteiger partial charge is 0.510 e. The SMILES string of the molecule is [2H]c1c([2H])c([2H])c(-c2cc(C(C)(C)C)cc(-c3c([2H])c([2H])c([2H])c([2H])c3[2H])c2-[n+]2[c-]n(-c3[c-]c(Oc4[c-]c5c(cc4)c4ccccc4n5-c4cc(C(C)(C)C)ccn4)ccc3)c3cc([Si](c4ccccc4)(c4ccccc4)c4ccccc4)ccc32)c([2H])c1[2H].[Pt]. The van der Waals surface area contributed by atoms with Gasteiger partial charge in [0.1, 0.15) is 5.82 Å². The summed E-state index contributed by atoms with van der Waals surface area (Å²) in [5, 5.41) is 6.35. The second-order valence-electron chi connectivity index (χ2n) is 22.1. The zero-order valence-corrected chi connectivity index (χ0v) is 48.8. The molecule has 0 radical (unpaired) electrons. The predicted molar refractivity (Wildman–Crippen MR) is 332 cm³/mol. The van der Waals surface area contributed by atoms with E-state index in [9.17, 15) is 5.48 Å². The van der Waals surface area contributed by atoms with Crippen molar-refractivity contribution in [2.75, 3.05) is 0 Å². The van der Waals surface area contributed by atoms with E-state index in [2.05, 4.69) is 147 Å².